The highest BCUT2D eigenvalue weighted by atomic mass is 19.1. The van der Waals surface area contributed by atoms with Gasteiger partial charge in [-0.15, -0.1) is 0 Å². The number of benzene rings is 2. The predicted molar refractivity (Wildman–Crippen MR) is 162 cm³/mol. The maximum absolute atomic E-state index is 14.6. The van der Waals surface area contributed by atoms with Crippen molar-refractivity contribution in [3.05, 3.63) is 118 Å². The number of fused-ring (bicyclic) bond motifs is 2. The number of aromatic amines is 2. The van der Waals surface area contributed by atoms with Gasteiger partial charge in [0.1, 0.15) is 22.9 Å². The van der Waals surface area contributed by atoms with E-state index in [0.717, 1.165) is 31.4 Å². The number of nitrogens with two attached hydrogens (primary N) is 1. The lowest BCUT2D eigenvalue weighted by atomic mass is 9.99. The number of amides is 1. The van der Waals surface area contributed by atoms with E-state index in [9.17, 15) is 37.2 Å². The number of anilines is 2. The minimum absolute atomic E-state index is 0.0388. The number of nitrogen functional groups attached to an aromatic ring is 1. The second-order valence-corrected chi connectivity index (χ2v) is 9.68. The Morgan fingerprint density at radius 1 is 0.771 bits per heavy atom. The van der Waals surface area contributed by atoms with Crippen LogP contribution in [0.2, 0.25) is 0 Å². The van der Waals surface area contributed by atoms with E-state index in [4.69, 9.17) is 11.0 Å². The molecule has 0 atom stereocenters. The van der Waals surface area contributed by atoms with E-state index < -0.39 is 57.7 Å². The smallest absolute Gasteiger partial charge is 0.411 e. The maximum atomic E-state index is 14.6. The zero-order valence-corrected chi connectivity index (χ0v) is 24.3. The number of ether oxygens (including phenoxy) is 1. The molecular weight excluding hydrogens is 636 g/mol. The third-order valence-corrected chi connectivity index (χ3v) is 6.97. The third-order valence-electron chi connectivity index (χ3n) is 6.97. The summed E-state index contributed by atoms with van der Waals surface area (Å²) in [6.07, 6.45) is 4.28. The highest BCUT2D eigenvalue weighted by molar-refractivity contribution is 6.18. The molecule has 0 fully saturated rings. The van der Waals surface area contributed by atoms with Gasteiger partial charge in [-0.3, -0.25) is 14.9 Å². The van der Waals surface area contributed by atoms with Gasteiger partial charge in [-0.2, -0.15) is 10.5 Å². The molecule has 4 heterocycles. The van der Waals surface area contributed by atoms with Crippen LogP contribution in [-0.2, 0) is 4.74 Å². The number of halogens is 4. The van der Waals surface area contributed by atoms with Gasteiger partial charge < -0.3 is 20.4 Å². The topological polar surface area (TPSA) is 203 Å². The maximum Gasteiger partial charge on any atom is 0.411 e. The molecule has 0 spiro atoms. The number of carbonyl (C=O) groups excluding carboxylic acids is 3. The van der Waals surface area contributed by atoms with Gasteiger partial charge in [0.05, 0.1) is 64.0 Å². The second kappa shape index (κ2) is 13.1. The summed E-state index contributed by atoms with van der Waals surface area (Å²) in [7, 11) is 1.07. The molecule has 0 aliphatic carbocycles. The van der Waals surface area contributed by atoms with Crippen molar-refractivity contribution in [3.63, 3.8) is 0 Å². The standard InChI is InChI=1S/C17H10F2N4O3.C15H8F2N4O/c1-26-17(25)23-11-3-2-10(18)13(14(11)19)15(24)9-7-22-16-12(9)8(6-20)4-5-21-16;16-9-1-2-10(19)13(17)12(9)14(22)8-6-21-15-11(8)7(5-18)3-4-20-15/h2-5,7H,1H3,(H,21,22)(H,23,25);1-4,6H,19H2,(H,20,21). The molecule has 48 heavy (non-hydrogen) atoms. The summed E-state index contributed by atoms with van der Waals surface area (Å²) >= 11 is 0. The van der Waals surface area contributed by atoms with E-state index >= 15 is 0 Å². The van der Waals surface area contributed by atoms with Crippen molar-refractivity contribution in [1.29, 1.82) is 10.5 Å². The fraction of sp³-hybridized carbons (Fsp3) is 0.0312. The number of hydrogen-bond donors (Lipinski definition) is 4. The number of rotatable bonds is 5. The molecule has 0 bridgehead atoms. The average Bonchev–Trinajstić information content (AvgIpc) is 3.73. The lowest BCUT2D eigenvalue weighted by Gasteiger charge is -2.09. The van der Waals surface area contributed by atoms with Crippen molar-refractivity contribution < 1.29 is 36.7 Å². The first-order valence-corrected chi connectivity index (χ1v) is 13.4. The Balaban J connectivity index is 0.000000190. The first-order valence-electron chi connectivity index (χ1n) is 13.4. The lowest BCUT2D eigenvalue weighted by Crippen LogP contribution is -2.15. The van der Waals surface area contributed by atoms with E-state index in [1.807, 2.05) is 12.1 Å². The molecule has 6 rings (SSSR count). The lowest BCUT2D eigenvalue weighted by molar-refractivity contribution is 0.102. The van der Waals surface area contributed by atoms with E-state index in [1.165, 1.54) is 36.9 Å². The van der Waals surface area contributed by atoms with E-state index in [1.54, 1.807) is 0 Å². The minimum atomic E-state index is -1.25. The largest absolute Gasteiger partial charge is 0.453 e. The van der Waals surface area contributed by atoms with Crippen LogP contribution in [0.5, 0.6) is 0 Å². The summed E-state index contributed by atoms with van der Waals surface area (Å²) in [5, 5.41) is 20.7. The summed E-state index contributed by atoms with van der Waals surface area (Å²) in [5.74, 6) is -6.41. The molecule has 238 valence electrons. The van der Waals surface area contributed by atoms with Gasteiger partial charge in [0.25, 0.3) is 0 Å². The van der Waals surface area contributed by atoms with Gasteiger partial charge in [0, 0.05) is 35.6 Å². The number of nitriles is 2. The number of methoxy groups -OCH3 is 1. The Hall–Kier alpha value is -7.07. The second-order valence-electron chi connectivity index (χ2n) is 9.68. The van der Waals surface area contributed by atoms with E-state index in [0.29, 0.717) is 0 Å². The van der Waals surface area contributed by atoms with Crippen molar-refractivity contribution in [1.82, 2.24) is 19.9 Å². The molecular formula is C32H18F4N8O4. The fourth-order valence-electron chi connectivity index (χ4n) is 4.72. The van der Waals surface area contributed by atoms with Gasteiger partial charge in [0.15, 0.2) is 11.6 Å². The molecule has 1 amide bonds. The monoisotopic (exact) mass is 654 g/mol. The number of nitrogens with zero attached hydrogens (tertiary/aromatic N) is 4. The number of nitrogens with one attached hydrogen (secondary N) is 3. The Morgan fingerprint density at radius 2 is 1.25 bits per heavy atom. The van der Waals surface area contributed by atoms with Gasteiger partial charge in [-0.05, 0) is 36.4 Å². The molecule has 0 radical (unpaired) electrons. The summed E-state index contributed by atoms with van der Waals surface area (Å²) in [5.41, 5.74) is 3.69. The number of pyridine rings is 2. The summed E-state index contributed by atoms with van der Waals surface area (Å²) < 4.78 is 61.0. The van der Waals surface area contributed by atoms with Crippen LogP contribution in [0.15, 0.2) is 61.2 Å². The van der Waals surface area contributed by atoms with Crippen LogP contribution in [-0.4, -0.2) is 44.7 Å². The van der Waals surface area contributed by atoms with Crippen LogP contribution < -0.4 is 11.1 Å². The van der Waals surface area contributed by atoms with Crippen molar-refractivity contribution in [2.45, 2.75) is 0 Å². The van der Waals surface area contributed by atoms with Crippen LogP contribution in [0.1, 0.15) is 43.0 Å². The number of aromatic nitrogens is 4. The van der Waals surface area contributed by atoms with E-state index in [-0.39, 0.29) is 50.0 Å². The number of H-pyrrole nitrogens is 2. The molecule has 0 saturated heterocycles. The zero-order valence-electron chi connectivity index (χ0n) is 24.3. The van der Waals surface area contributed by atoms with Gasteiger partial charge in [-0.1, -0.05) is 0 Å². The highest BCUT2D eigenvalue weighted by Crippen LogP contribution is 2.29. The van der Waals surface area contributed by atoms with Gasteiger partial charge in [0.2, 0.25) is 11.6 Å². The van der Waals surface area contributed by atoms with Gasteiger partial charge in [-0.25, -0.2) is 32.3 Å². The Bertz CT molecular complexity index is 2370. The molecule has 12 nitrogen and oxygen atoms in total. The molecule has 4 aromatic heterocycles. The SMILES string of the molecule is COC(=O)Nc1ccc(F)c(C(=O)c2c[nH]c3nccc(C#N)c23)c1F.N#Cc1ccnc2[nH]cc(C(=O)c3c(F)ccc(N)c3F)c12. The van der Waals surface area contributed by atoms with Gasteiger partial charge >= 0.3 is 6.09 Å². The van der Waals surface area contributed by atoms with Crippen LogP contribution in [0.3, 0.4) is 0 Å². The predicted octanol–water partition coefficient (Wildman–Crippen LogP) is 5.65. The third kappa shape index (κ3) is 5.72. The minimum Gasteiger partial charge on any atom is -0.453 e. The van der Waals surface area contributed by atoms with Crippen LogP contribution in [0.25, 0.3) is 22.1 Å². The normalized spacial score (nSPS) is 10.5. The van der Waals surface area contributed by atoms with Crippen LogP contribution in [0.4, 0.5) is 33.7 Å². The number of carbonyl (C=O) groups is 3. The average molecular weight is 655 g/mol. The van der Waals surface area contributed by atoms with Crippen molar-refractivity contribution >= 4 is 51.1 Å². The molecule has 2 aromatic carbocycles. The molecule has 0 unspecified atom stereocenters. The van der Waals surface area contributed by atoms with Crippen LogP contribution >= 0.6 is 0 Å². The first-order chi connectivity index (χ1) is 23.0. The molecule has 0 aliphatic rings. The van der Waals surface area contributed by atoms with Crippen LogP contribution in [0, 0.1) is 45.9 Å². The number of hydrogen-bond acceptors (Lipinski definition) is 9. The molecule has 5 N–H and O–H groups in total. The molecule has 16 heteroatoms. The molecule has 0 aliphatic heterocycles. The number of ketones is 2. The Labute approximate surface area is 266 Å². The summed E-state index contributed by atoms with van der Waals surface area (Å²) in [6.45, 7) is 0. The molecule has 6 aromatic rings. The van der Waals surface area contributed by atoms with Crippen molar-refractivity contribution in [2.75, 3.05) is 18.2 Å². The highest BCUT2D eigenvalue weighted by Gasteiger charge is 2.27. The zero-order chi connectivity index (χ0) is 34.7. The Kier molecular flexibility index (Phi) is 8.83. The van der Waals surface area contributed by atoms with Crippen molar-refractivity contribution in [2.24, 2.45) is 0 Å². The summed E-state index contributed by atoms with van der Waals surface area (Å²) in [6, 6.07) is 10.4. The quantitative estimate of drug-likeness (QED) is 0.103. The van der Waals surface area contributed by atoms with Crippen molar-refractivity contribution in [3.8, 4) is 12.1 Å². The fourth-order valence-corrected chi connectivity index (χ4v) is 4.72. The summed E-state index contributed by atoms with van der Waals surface area (Å²) in [4.78, 5) is 49.9. The molecule has 0 saturated carbocycles. The first kappa shape index (κ1) is 32.3. The Morgan fingerprint density at radius 3 is 1.73 bits per heavy atom. The van der Waals surface area contributed by atoms with E-state index in [2.05, 4.69) is 30.0 Å².